The van der Waals surface area contributed by atoms with Crippen LogP contribution in [0.2, 0.25) is 0 Å². The fourth-order valence-electron chi connectivity index (χ4n) is 2.68. The number of carbonyl (C=O) groups excluding carboxylic acids is 1. The van der Waals surface area contributed by atoms with Crippen molar-refractivity contribution in [3.05, 3.63) is 59.2 Å². The standard InChI is InChI=1S/C17H16O3/c1-19-15-8-7-12(10-16(15)20-2)17(18)14-9-11-5-3-4-6-13(11)14/h3-8,10,14H,9H2,1-2H3. The highest BCUT2D eigenvalue weighted by Crippen LogP contribution is 2.38. The normalized spacial score (nSPS) is 16.0. The van der Waals surface area contributed by atoms with E-state index in [0.29, 0.717) is 17.1 Å². The van der Waals surface area contributed by atoms with Crippen LogP contribution in [0.3, 0.4) is 0 Å². The van der Waals surface area contributed by atoms with E-state index in [0.717, 1.165) is 12.0 Å². The first-order chi connectivity index (χ1) is 9.74. The highest BCUT2D eigenvalue weighted by atomic mass is 16.5. The second kappa shape index (κ2) is 5.00. The van der Waals surface area contributed by atoms with Crippen LogP contribution in [0.25, 0.3) is 0 Å². The maximum Gasteiger partial charge on any atom is 0.170 e. The smallest absolute Gasteiger partial charge is 0.170 e. The fraction of sp³-hybridized carbons (Fsp3) is 0.235. The summed E-state index contributed by atoms with van der Waals surface area (Å²) in [7, 11) is 3.16. The number of fused-ring (bicyclic) bond motifs is 1. The van der Waals surface area contributed by atoms with Crippen molar-refractivity contribution in [2.75, 3.05) is 14.2 Å². The largest absolute Gasteiger partial charge is 0.493 e. The van der Waals surface area contributed by atoms with Gasteiger partial charge in [-0.1, -0.05) is 24.3 Å². The molecule has 102 valence electrons. The molecule has 3 nitrogen and oxygen atoms in total. The van der Waals surface area contributed by atoms with E-state index in [2.05, 4.69) is 6.07 Å². The predicted molar refractivity (Wildman–Crippen MR) is 76.8 cm³/mol. The quantitative estimate of drug-likeness (QED) is 0.799. The van der Waals surface area contributed by atoms with Crippen molar-refractivity contribution < 1.29 is 14.3 Å². The van der Waals surface area contributed by atoms with Crippen LogP contribution in [0, 0.1) is 0 Å². The topological polar surface area (TPSA) is 35.5 Å². The maximum absolute atomic E-state index is 12.6. The second-order valence-electron chi connectivity index (χ2n) is 4.89. The first-order valence-electron chi connectivity index (χ1n) is 6.58. The monoisotopic (exact) mass is 268 g/mol. The number of Topliss-reactive ketones (excluding diaryl/α,β-unsaturated/α-hetero) is 1. The summed E-state index contributed by atoms with van der Waals surface area (Å²) in [6.07, 6.45) is 0.823. The molecule has 0 bridgehead atoms. The van der Waals surface area contributed by atoms with Crippen LogP contribution in [-0.2, 0) is 6.42 Å². The Morgan fingerprint density at radius 2 is 1.80 bits per heavy atom. The van der Waals surface area contributed by atoms with E-state index in [-0.39, 0.29) is 11.7 Å². The molecule has 0 spiro atoms. The summed E-state index contributed by atoms with van der Waals surface area (Å²) in [4.78, 5) is 12.6. The molecule has 1 unspecified atom stereocenters. The van der Waals surface area contributed by atoms with Crippen molar-refractivity contribution >= 4 is 5.78 Å². The van der Waals surface area contributed by atoms with Gasteiger partial charge in [0.05, 0.1) is 20.1 Å². The van der Waals surface area contributed by atoms with Crippen LogP contribution < -0.4 is 9.47 Å². The number of hydrogen-bond acceptors (Lipinski definition) is 3. The maximum atomic E-state index is 12.6. The summed E-state index contributed by atoms with van der Waals surface area (Å²) in [5, 5.41) is 0. The van der Waals surface area contributed by atoms with Crippen LogP contribution in [0.5, 0.6) is 11.5 Å². The third kappa shape index (κ3) is 1.95. The van der Waals surface area contributed by atoms with Gasteiger partial charge in [0.2, 0.25) is 0 Å². The zero-order valence-electron chi connectivity index (χ0n) is 11.6. The lowest BCUT2D eigenvalue weighted by Crippen LogP contribution is -2.25. The van der Waals surface area contributed by atoms with E-state index in [4.69, 9.17) is 9.47 Å². The van der Waals surface area contributed by atoms with E-state index in [1.807, 2.05) is 18.2 Å². The molecule has 0 amide bonds. The third-order valence-electron chi connectivity index (χ3n) is 3.84. The van der Waals surface area contributed by atoms with Crippen molar-refractivity contribution in [1.82, 2.24) is 0 Å². The molecular weight excluding hydrogens is 252 g/mol. The number of ketones is 1. The van der Waals surface area contributed by atoms with Gasteiger partial charge in [0.25, 0.3) is 0 Å². The Hall–Kier alpha value is -2.29. The minimum Gasteiger partial charge on any atom is -0.493 e. The van der Waals surface area contributed by atoms with Gasteiger partial charge in [-0.25, -0.2) is 0 Å². The van der Waals surface area contributed by atoms with Crippen LogP contribution >= 0.6 is 0 Å². The summed E-state index contributed by atoms with van der Waals surface area (Å²) in [6, 6.07) is 13.4. The number of rotatable bonds is 4. The lowest BCUT2D eigenvalue weighted by molar-refractivity contribution is 0.0948. The lowest BCUT2D eigenvalue weighted by Gasteiger charge is -2.28. The summed E-state index contributed by atoms with van der Waals surface area (Å²) in [6.45, 7) is 0. The van der Waals surface area contributed by atoms with Crippen molar-refractivity contribution in [3.8, 4) is 11.5 Å². The molecule has 0 N–H and O–H groups in total. The fourth-order valence-corrected chi connectivity index (χ4v) is 2.68. The summed E-state index contributed by atoms with van der Waals surface area (Å²) in [5.41, 5.74) is 3.08. The Morgan fingerprint density at radius 1 is 1.05 bits per heavy atom. The molecule has 3 rings (SSSR count). The van der Waals surface area contributed by atoms with Gasteiger partial charge >= 0.3 is 0 Å². The van der Waals surface area contributed by atoms with E-state index in [9.17, 15) is 4.79 Å². The third-order valence-corrected chi connectivity index (χ3v) is 3.84. The molecule has 0 aromatic heterocycles. The molecule has 0 fully saturated rings. The van der Waals surface area contributed by atoms with Crippen molar-refractivity contribution in [2.24, 2.45) is 0 Å². The number of hydrogen-bond donors (Lipinski definition) is 0. The van der Waals surface area contributed by atoms with Gasteiger partial charge in [0.15, 0.2) is 17.3 Å². The molecule has 0 saturated heterocycles. The average Bonchev–Trinajstić information content (AvgIpc) is 2.47. The zero-order chi connectivity index (χ0) is 14.1. The molecule has 0 heterocycles. The molecule has 20 heavy (non-hydrogen) atoms. The first-order valence-corrected chi connectivity index (χ1v) is 6.58. The van der Waals surface area contributed by atoms with Crippen molar-refractivity contribution in [1.29, 1.82) is 0 Å². The van der Waals surface area contributed by atoms with Gasteiger partial charge in [-0.05, 0) is 35.7 Å². The Bertz CT molecular complexity index is 661. The minimum atomic E-state index is -0.0238. The van der Waals surface area contributed by atoms with E-state index in [1.54, 1.807) is 32.4 Å². The molecule has 0 aliphatic heterocycles. The van der Waals surface area contributed by atoms with E-state index in [1.165, 1.54) is 5.56 Å². The average molecular weight is 268 g/mol. The highest BCUT2D eigenvalue weighted by molar-refractivity contribution is 6.03. The van der Waals surface area contributed by atoms with Crippen molar-refractivity contribution in [3.63, 3.8) is 0 Å². The summed E-state index contributed by atoms with van der Waals surface area (Å²) < 4.78 is 10.4. The number of methoxy groups -OCH3 is 2. The molecular formula is C17H16O3. The molecule has 1 aliphatic rings. The molecule has 3 heteroatoms. The number of carbonyl (C=O) groups is 1. The second-order valence-corrected chi connectivity index (χ2v) is 4.89. The molecule has 1 atom stereocenters. The van der Waals surface area contributed by atoms with Crippen LogP contribution in [0.1, 0.15) is 27.4 Å². The van der Waals surface area contributed by atoms with Gasteiger partial charge in [-0.3, -0.25) is 4.79 Å². The Morgan fingerprint density at radius 3 is 2.50 bits per heavy atom. The lowest BCUT2D eigenvalue weighted by atomic mass is 9.74. The van der Waals surface area contributed by atoms with Crippen LogP contribution in [0.4, 0.5) is 0 Å². The van der Waals surface area contributed by atoms with Crippen molar-refractivity contribution in [2.45, 2.75) is 12.3 Å². The van der Waals surface area contributed by atoms with Gasteiger partial charge < -0.3 is 9.47 Å². The predicted octanol–water partition coefficient (Wildman–Crippen LogP) is 3.23. The summed E-state index contributed by atoms with van der Waals surface area (Å²) in [5.74, 6) is 1.35. The van der Waals surface area contributed by atoms with Gasteiger partial charge in [0.1, 0.15) is 0 Å². The zero-order valence-corrected chi connectivity index (χ0v) is 11.6. The first kappa shape index (κ1) is 12.7. The molecule has 1 aliphatic carbocycles. The molecule has 2 aromatic carbocycles. The van der Waals surface area contributed by atoms with E-state index < -0.39 is 0 Å². The minimum absolute atomic E-state index is 0.0238. The Kier molecular flexibility index (Phi) is 3.18. The Labute approximate surface area is 118 Å². The van der Waals surface area contributed by atoms with Gasteiger partial charge in [-0.2, -0.15) is 0 Å². The van der Waals surface area contributed by atoms with Crippen LogP contribution in [-0.4, -0.2) is 20.0 Å². The van der Waals surface area contributed by atoms with Gasteiger partial charge in [0, 0.05) is 5.56 Å². The molecule has 0 saturated carbocycles. The SMILES string of the molecule is COc1ccc(C(=O)C2Cc3ccccc32)cc1OC. The summed E-state index contributed by atoms with van der Waals surface area (Å²) >= 11 is 0. The number of benzene rings is 2. The highest BCUT2D eigenvalue weighted by Gasteiger charge is 2.32. The molecule has 2 aromatic rings. The molecule has 0 radical (unpaired) electrons. The van der Waals surface area contributed by atoms with Gasteiger partial charge in [-0.15, -0.1) is 0 Å². The van der Waals surface area contributed by atoms with Crippen LogP contribution in [0.15, 0.2) is 42.5 Å². The van der Waals surface area contributed by atoms with E-state index >= 15 is 0 Å². The number of ether oxygens (including phenoxy) is 2. The Balaban J connectivity index is 1.89.